The zero-order valence-electron chi connectivity index (χ0n) is 11.0. The quantitative estimate of drug-likeness (QED) is 0.915. The molecule has 0 saturated heterocycles. The van der Waals surface area contributed by atoms with E-state index in [9.17, 15) is 18.4 Å². The Balaban J connectivity index is 3.56. The number of aryl methyl sites for hydroxylation is 1. The summed E-state index contributed by atoms with van der Waals surface area (Å²) in [5.41, 5.74) is -1.73. The number of hydrogen-bond donors (Lipinski definition) is 1. The number of aromatic carboxylic acids is 1. The molecule has 0 aliphatic carbocycles. The Bertz CT molecular complexity index is 525. The highest BCUT2D eigenvalue weighted by atomic mass is 19.1. The molecule has 0 aliphatic heterocycles. The third-order valence-electron chi connectivity index (χ3n) is 2.88. The number of hydrogen-bond acceptors (Lipinski definition) is 2. The van der Waals surface area contributed by atoms with Gasteiger partial charge in [0.05, 0.1) is 5.56 Å². The van der Waals surface area contributed by atoms with E-state index in [0.717, 1.165) is 6.07 Å². The van der Waals surface area contributed by atoms with Crippen LogP contribution in [0.1, 0.15) is 40.1 Å². The Morgan fingerprint density at radius 3 is 2.16 bits per heavy atom. The zero-order chi connectivity index (χ0) is 14.7. The fourth-order valence-electron chi connectivity index (χ4n) is 1.83. The fraction of sp³-hybridized carbons (Fsp3) is 0.385. The lowest BCUT2D eigenvalue weighted by atomic mass is 10.0. The monoisotopic (exact) mass is 271 g/mol. The predicted molar refractivity (Wildman–Crippen MR) is 65.3 cm³/mol. The van der Waals surface area contributed by atoms with Gasteiger partial charge in [-0.1, -0.05) is 0 Å². The van der Waals surface area contributed by atoms with Crippen LogP contribution in [0.2, 0.25) is 0 Å². The molecule has 0 unspecified atom stereocenters. The lowest BCUT2D eigenvalue weighted by molar-refractivity contribution is 0.0670. The molecule has 6 heteroatoms. The Morgan fingerprint density at radius 2 is 1.74 bits per heavy atom. The normalized spacial score (nSPS) is 10.4. The van der Waals surface area contributed by atoms with Gasteiger partial charge in [-0.05, 0) is 32.4 Å². The topological polar surface area (TPSA) is 57.6 Å². The minimum Gasteiger partial charge on any atom is -0.478 e. The molecule has 1 rings (SSSR count). The highest BCUT2D eigenvalue weighted by Gasteiger charge is 2.28. The maximum atomic E-state index is 14.0. The summed E-state index contributed by atoms with van der Waals surface area (Å²) >= 11 is 0. The first-order chi connectivity index (χ1) is 8.84. The van der Waals surface area contributed by atoms with Crippen molar-refractivity contribution < 1.29 is 23.5 Å². The second kappa shape index (κ2) is 5.77. The molecule has 0 saturated carbocycles. The highest BCUT2D eigenvalue weighted by Crippen LogP contribution is 2.23. The van der Waals surface area contributed by atoms with E-state index in [0.29, 0.717) is 0 Å². The standard InChI is InChI=1S/C13H15F2NO3/c1-4-16(5-2)12(17)10-9(13(18)19)8(14)6-7(3)11(10)15/h6H,4-5H2,1-3H3,(H,18,19). The maximum Gasteiger partial charge on any atom is 0.339 e. The number of amides is 1. The van der Waals surface area contributed by atoms with Crippen LogP contribution < -0.4 is 0 Å². The smallest absolute Gasteiger partial charge is 0.339 e. The van der Waals surface area contributed by atoms with E-state index in [1.54, 1.807) is 13.8 Å². The summed E-state index contributed by atoms with van der Waals surface area (Å²) in [6.07, 6.45) is 0. The van der Waals surface area contributed by atoms with Crippen LogP contribution in [0.4, 0.5) is 8.78 Å². The molecule has 0 atom stereocenters. The van der Waals surface area contributed by atoms with Crippen molar-refractivity contribution in [3.05, 3.63) is 34.4 Å². The third kappa shape index (κ3) is 2.72. The number of benzene rings is 1. The Kier molecular flexibility index (Phi) is 4.58. The molecule has 1 aromatic rings. The molecular formula is C13H15F2NO3. The summed E-state index contributed by atoms with van der Waals surface area (Å²) in [7, 11) is 0. The van der Waals surface area contributed by atoms with Crippen LogP contribution in [0.25, 0.3) is 0 Å². The van der Waals surface area contributed by atoms with Gasteiger partial charge in [-0.15, -0.1) is 0 Å². The minimum absolute atomic E-state index is 0.0991. The number of nitrogens with zero attached hydrogens (tertiary/aromatic N) is 1. The summed E-state index contributed by atoms with van der Waals surface area (Å²) in [4.78, 5) is 24.4. The summed E-state index contributed by atoms with van der Waals surface area (Å²) < 4.78 is 27.7. The van der Waals surface area contributed by atoms with Gasteiger partial charge in [0.15, 0.2) is 0 Å². The Labute approximate surface area is 109 Å². The molecule has 0 radical (unpaired) electrons. The van der Waals surface area contributed by atoms with Crippen molar-refractivity contribution in [2.45, 2.75) is 20.8 Å². The molecule has 104 valence electrons. The average Bonchev–Trinajstić information content (AvgIpc) is 2.34. The number of rotatable bonds is 4. The van der Waals surface area contributed by atoms with Crippen LogP contribution >= 0.6 is 0 Å². The van der Waals surface area contributed by atoms with Gasteiger partial charge in [0, 0.05) is 13.1 Å². The summed E-state index contributed by atoms with van der Waals surface area (Å²) in [5, 5.41) is 8.96. The number of carboxylic acids is 1. The van der Waals surface area contributed by atoms with E-state index in [2.05, 4.69) is 0 Å². The van der Waals surface area contributed by atoms with Gasteiger partial charge in [0.2, 0.25) is 0 Å². The van der Waals surface area contributed by atoms with Gasteiger partial charge in [0.25, 0.3) is 5.91 Å². The third-order valence-corrected chi connectivity index (χ3v) is 2.88. The predicted octanol–water partition coefficient (Wildman–Crippen LogP) is 2.45. The van der Waals surface area contributed by atoms with E-state index in [1.807, 2.05) is 0 Å². The largest absolute Gasteiger partial charge is 0.478 e. The molecule has 0 aromatic heterocycles. The van der Waals surface area contributed by atoms with E-state index in [-0.39, 0.29) is 18.7 Å². The molecule has 0 aliphatic rings. The van der Waals surface area contributed by atoms with Crippen molar-refractivity contribution in [3.63, 3.8) is 0 Å². The number of carboxylic acid groups (broad SMARTS) is 1. The number of halogens is 2. The second-order valence-corrected chi connectivity index (χ2v) is 4.02. The first-order valence-corrected chi connectivity index (χ1v) is 5.86. The number of carbonyl (C=O) groups is 2. The lowest BCUT2D eigenvalue weighted by Gasteiger charge is -2.20. The molecule has 1 N–H and O–H groups in total. The Morgan fingerprint density at radius 1 is 1.21 bits per heavy atom. The van der Waals surface area contributed by atoms with Crippen molar-refractivity contribution in [2.24, 2.45) is 0 Å². The van der Waals surface area contributed by atoms with E-state index < -0.39 is 34.6 Å². The molecule has 19 heavy (non-hydrogen) atoms. The molecule has 4 nitrogen and oxygen atoms in total. The van der Waals surface area contributed by atoms with Crippen LogP contribution in [-0.4, -0.2) is 35.0 Å². The minimum atomic E-state index is -1.66. The van der Waals surface area contributed by atoms with Gasteiger partial charge in [-0.2, -0.15) is 0 Å². The van der Waals surface area contributed by atoms with Gasteiger partial charge in [-0.25, -0.2) is 13.6 Å². The summed E-state index contributed by atoms with van der Waals surface area (Å²) in [6, 6.07) is 0.776. The van der Waals surface area contributed by atoms with Crippen LogP contribution in [0, 0.1) is 18.6 Å². The van der Waals surface area contributed by atoms with Gasteiger partial charge >= 0.3 is 5.97 Å². The molecular weight excluding hydrogens is 256 g/mol. The molecule has 0 fully saturated rings. The maximum absolute atomic E-state index is 14.0. The van der Waals surface area contributed by atoms with Gasteiger partial charge in [-0.3, -0.25) is 4.79 Å². The number of carbonyl (C=O) groups excluding carboxylic acids is 1. The molecule has 0 spiro atoms. The Hall–Kier alpha value is -1.98. The van der Waals surface area contributed by atoms with Crippen molar-refractivity contribution in [3.8, 4) is 0 Å². The molecule has 0 bridgehead atoms. The first kappa shape index (κ1) is 15.1. The van der Waals surface area contributed by atoms with Crippen LogP contribution in [0.5, 0.6) is 0 Å². The highest BCUT2D eigenvalue weighted by molar-refractivity contribution is 6.05. The van der Waals surface area contributed by atoms with Crippen LogP contribution in [-0.2, 0) is 0 Å². The van der Waals surface area contributed by atoms with Gasteiger partial charge < -0.3 is 10.0 Å². The van der Waals surface area contributed by atoms with Crippen LogP contribution in [0.15, 0.2) is 6.07 Å². The SMILES string of the molecule is CCN(CC)C(=O)c1c(F)c(C)cc(F)c1C(=O)O. The lowest BCUT2D eigenvalue weighted by Crippen LogP contribution is -2.33. The van der Waals surface area contributed by atoms with Crippen molar-refractivity contribution in [1.82, 2.24) is 4.90 Å². The second-order valence-electron chi connectivity index (χ2n) is 4.02. The average molecular weight is 271 g/mol. The molecule has 1 amide bonds. The van der Waals surface area contributed by atoms with Crippen molar-refractivity contribution in [1.29, 1.82) is 0 Å². The first-order valence-electron chi connectivity index (χ1n) is 5.86. The zero-order valence-corrected chi connectivity index (χ0v) is 11.0. The van der Waals surface area contributed by atoms with E-state index in [1.165, 1.54) is 11.8 Å². The summed E-state index contributed by atoms with van der Waals surface area (Å²) in [5.74, 6) is -4.58. The fourth-order valence-corrected chi connectivity index (χ4v) is 1.83. The molecule has 1 aromatic carbocycles. The van der Waals surface area contributed by atoms with Crippen LogP contribution in [0.3, 0.4) is 0 Å². The van der Waals surface area contributed by atoms with Crippen molar-refractivity contribution >= 4 is 11.9 Å². The van der Waals surface area contributed by atoms with Crippen molar-refractivity contribution in [2.75, 3.05) is 13.1 Å². The van der Waals surface area contributed by atoms with Gasteiger partial charge in [0.1, 0.15) is 17.2 Å². The molecule has 0 heterocycles. The summed E-state index contributed by atoms with van der Waals surface area (Å²) in [6.45, 7) is 5.19. The van der Waals surface area contributed by atoms with E-state index in [4.69, 9.17) is 5.11 Å². The van der Waals surface area contributed by atoms with E-state index >= 15 is 0 Å².